The van der Waals surface area contributed by atoms with Crippen molar-refractivity contribution in [3.05, 3.63) is 119 Å². The van der Waals surface area contributed by atoms with Crippen molar-refractivity contribution in [1.82, 2.24) is 0 Å². The molecule has 148 valence electrons. The molecular formula is C26H24N4. The maximum Gasteiger partial charge on any atom is 0.0857 e. The van der Waals surface area contributed by atoms with Crippen LogP contribution in [0.5, 0.6) is 0 Å². The zero-order valence-electron chi connectivity index (χ0n) is 16.7. The van der Waals surface area contributed by atoms with Crippen molar-refractivity contribution in [2.45, 2.75) is 12.8 Å². The Bertz CT molecular complexity index is 1020. The maximum absolute atomic E-state index is 5.74. The Morgan fingerprint density at radius 3 is 0.967 bits per heavy atom. The molecule has 0 saturated heterocycles. The quantitative estimate of drug-likeness (QED) is 0.292. The summed E-state index contributed by atoms with van der Waals surface area (Å²) < 4.78 is 0. The number of hydrogen-bond donors (Lipinski definition) is 2. The Morgan fingerprint density at radius 2 is 0.667 bits per heavy atom. The van der Waals surface area contributed by atoms with Gasteiger partial charge in [-0.15, -0.1) is 0 Å². The van der Waals surface area contributed by atoms with Crippen molar-refractivity contribution in [3.63, 3.8) is 0 Å². The maximum atomic E-state index is 5.74. The second-order valence-electron chi connectivity index (χ2n) is 7.37. The highest BCUT2D eigenvalue weighted by atomic mass is 15.1. The predicted octanol–water partition coefficient (Wildman–Crippen LogP) is 6.45. The zero-order valence-corrected chi connectivity index (χ0v) is 16.7. The molecule has 0 aliphatic carbocycles. The first kappa shape index (κ1) is 19.4. The van der Waals surface area contributed by atoms with Crippen molar-refractivity contribution < 1.29 is 0 Å². The number of hydrogen-bond acceptors (Lipinski definition) is 4. The van der Waals surface area contributed by atoms with Gasteiger partial charge < -0.3 is 11.5 Å². The lowest BCUT2D eigenvalue weighted by Crippen LogP contribution is -1.89. The second kappa shape index (κ2) is 9.05. The highest BCUT2D eigenvalue weighted by Gasteiger charge is 1.99. The molecular weight excluding hydrogens is 368 g/mol. The lowest BCUT2D eigenvalue weighted by molar-refractivity contribution is 1.17. The molecule has 0 heterocycles. The highest BCUT2D eigenvalue weighted by Crippen LogP contribution is 2.21. The zero-order chi connectivity index (χ0) is 20.8. The van der Waals surface area contributed by atoms with Crippen LogP contribution >= 0.6 is 0 Å². The van der Waals surface area contributed by atoms with E-state index < -0.39 is 0 Å². The molecule has 4 nitrogen and oxygen atoms in total. The summed E-state index contributed by atoms with van der Waals surface area (Å²) in [5, 5.41) is 8.71. The summed E-state index contributed by atoms with van der Waals surface area (Å²) in [4.78, 5) is 0. The van der Waals surface area contributed by atoms with E-state index in [2.05, 4.69) is 58.8 Å². The van der Waals surface area contributed by atoms with Crippen LogP contribution in [0.2, 0.25) is 0 Å². The van der Waals surface area contributed by atoms with Gasteiger partial charge in [0.25, 0.3) is 0 Å². The monoisotopic (exact) mass is 392 g/mol. The normalized spacial score (nSPS) is 11.1. The molecule has 0 saturated carbocycles. The van der Waals surface area contributed by atoms with Gasteiger partial charge >= 0.3 is 0 Å². The minimum absolute atomic E-state index is 0.785. The van der Waals surface area contributed by atoms with Crippen molar-refractivity contribution in [3.8, 4) is 0 Å². The van der Waals surface area contributed by atoms with Crippen molar-refractivity contribution in [1.29, 1.82) is 0 Å². The van der Waals surface area contributed by atoms with Gasteiger partial charge in [0, 0.05) is 11.4 Å². The molecule has 0 bridgehead atoms. The first-order valence-electron chi connectivity index (χ1n) is 9.92. The summed E-state index contributed by atoms with van der Waals surface area (Å²) in [6.45, 7) is 0. The summed E-state index contributed by atoms with van der Waals surface area (Å²) in [5.41, 5.74) is 19.6. The Kier molecular flexibility index (Phi) is 5.85. The molecule has 4 aromatic rings. The largest absolute Gasteiger partial charge is 0.399 e. The van der Waals surface area contributed by atoms with E-state index in [9.17, 15) is 0 Å². The number of rotatable bonds is 6. The lowest BCUT2D eigenvalue weighted by Gasteiger charge is -2.04. The standard InChI is InChI=1S/C26H24N4/c27-23-9-1-19(2-10-23)17-21-5-13-25(14-6-21)29-30-26-15-7-22(8-16-26)18-20-3-11-24(28)12-4-20/h1-16H,17-18,27-28H2. The number of nitrogen functional groups attached to an aromatic ring is 2. The third-order valence-corrected chi connectivity index (χ3v) is 4.93. The Morgan fingerprint density at radius 1 is 0.400 bits per heavy atom. The van der Waals surface area contributed by atoms with Gasteiger partial charge in [-0.1, -0.05) is 48.5 Å². The van der Waals surface area contributed by atoms with Crippen LogP contribution in [0.1, 0.15) is 22.3 Å². The van der Waals surface area contributed by atoms with Crippen LogP contribution in [0.25, 0.3) is 0 Å². The van der Waals surface area contributed by atoms with E-state index in [-0.39, 0.29) is 0 Å². The fourth-order valence-electron chi connectivity index (χ4n) is 3.22. The molecule has 0 spiro atoms. The van der Waals surface area contributed by atoms with E-state index in [1.54, 1.807) is 0 Å². The Hall–Kier alpha value is -3.92. The predicted molar refractivity (Wildman–Crippen MR) is 124 cm³/mol. The van der Waals surface area contributed by atoms with Crippen LogP contribution in [0.15, 0.2) is 107 Å². The fraction of sp³-hybridized carbons (Fsp3) is 0.0769. The van der Waals surface area contributed by atoms with Gasteiger partial charge in [-0.3, -0.25) is 0 Å². The van der Waals surface area contributed by atoms with Crippen LogP contribution < -0.4 is 11.5 Å². The molecule has 30 heavy (non-hydrogen) atoms. The molecule has 4 N–H and O–H groups in total. The molecule has 0 aromatic heterocycles. The summed E-state index contributed by atoms with van der Waals surface area (Å²) in [6.07, 6.45) is 1.74. The molecule has 0 aliphatic heterocycles. The second-order valence-corrected chi connectivity index (χ2v) is 7.37. The fourth-order valence-corrected chi connectivity index (χ4v) is 3.22. The summed E-state index contributed by atoms with van der Waals surface area (Å²) in [6, 6.07) is 32.2. The highest BCUT2D eigenvalue weighted by molar-refractivity contribution is 5.45. The molecule has 4 heteroatoms. The first-order chi connectivity index (χ1) is 14.6. The minimum Gasteiger partial charge on any atom is -0.399 e. The minimum atomic E-state index is 0.785. The molecule has 0 atom stereocenters. The SMILES string of the molecule is Nc1ccc(Cc2ccc(N=Nc3ccc(Cc4ccc(N)cc4)cc3)cc2)cc1. The molecule has 4 aromatic carbocycles. The third-order valence-electron chi connectivity index (χ3n) is 4.93. The number of nitrogens with two attached hydrogens (primary N) is 2. The number of azo groups is 1. The molecule has 0 fully saturated rings. The average Bonchev–Trinajstić information content (AvgIpc) is 2.77. The summed E-state index contributed by atoms with van der Waals surface area (Å²) in [5.74, 6) is 0. The van der Waals surface area contributed by atoms with Gasteiger partial charge in [0.1, 0.15) is 0 Å². The Balaban J connectivity index is 1.36. The summed E-state index contributed by atoms with van der Waals surface area (Å²) in [7, 11) is 0. The van der Waals surface area contributed by atoms with E-state index in [0.29, 0.717) is 0 Å². The van der Waals surface area contributed by atoms with Gasteiger partial charge in [0.2, 0.25) is 0 Å². The van der Waals surface area contributed by atoms with E-state index >= 15 is 0 Å². The van der Waals surface area contributed by atoms with Crippen LogP contribution in [0.4, 0.5) is 22.7 Å². The molecule has 0 unspecified atom stereocenters. The van der Waals surface area contributed by atoms with Crippen LogP contribution in [-0.2, 0) is 12.8 Å². The van der Waals surface area contributed by atoms with Gasteiger partial charge in [-0.25, -0.2) is 0 Å². The Labute approximate surface area is 176 Å². The first-order valence-corrected chi connectivity index (χ1v) is 9.92. The third kappa shape index (κ3) is 5.32. The smallest absolute Gasteiger partial charge is 0.0857 e. The topological polar surface area (TPSA) is 76.8 Å². The van der Waals surface area contributed by atoms with Crippen LogP contribution in [0, 0.1) is 0 Å². The number of nitrogens with zero attached hydrogens (tertiary/aromatic N) is 2. The van der Waals surface area contributed by atoms with Crippen LogP contribution in [0.3, 0.4) is 0 Å². The van der Waals surface area contributed by atoms with Gasteiger partial charge in [0.15, 0.2) is 0 Å². The van der Waals surface area contributed by atoms with Gasteiger partial charge in [-0.2, -0.15) is 10.2 Å². The lowest BCUT2D eigenvalue weighted by atomic mass is 10.0. The van der Waals surface area contributed by atoms with E-state index in [4.69, 9.17) is 11.5 Å². The van der Waals surface area contributed by atoms with Gasteiger partial charge in [-0.05, 0) is 83.6 Å². The molecule has 0 radical (unpaired) electrons. The number of anilines is 2. The molecule has 4 rings (SSSR count). The van der Waals surface area contributed by atoms with Crippen molar-refractivity contribution in [2.75, 3.05) is 11.5 Å². The summed E-state index contributed by atoms with van der Waals surface area (Å²) >= 11 is 0. The molecule has 0 aliphatic rings. The number of benzene rings is 4. The van der Waals surface area contributed by atoms with Crippen molar-refractivity contribution >= 4 is 22.7 Å². The van der Waals surface area contributed by atoms with E-state index in [1.807, 2.05) is 48.5 Å². The molecule has 0 amide bonds. The van der Waals surface area contributed by atoms with Gasteiger partial charge in [0.05, 0.1) is 11.4 Å². The van der Waals surface area contributed by atoms with Crippen LogP contribution in [-0.4, -0.2) is 0 Å². The van der Waals surface area contributed by atoms with E-state index in [1.165, 1.54) is 22.3 Å². The van der Waals surface area contributed by atoms with Crippen molar-refractivity contribution in [2.24, 2.45) is 10.2 Å². The average molecular weight is 393 g/mol. The van der Waals surface area contributed by atoms with E-state index in [0.717, 1.165) is 35.6 Å².